The fourth-order valence-corrected chi connectivity index (χ4v) is 13.1. The summed E-state index contributed by atoms with van der Waals surface area (Å²) in [6.45, 7) is 35.6. The SMILES string of the molecule is C/C=C/C[C@@H](C)[C@@H](OC(C)=O)[C@@H](C(=O)N[C@@H](CC)C(=O)OCCN(C)C(C)=O)N(C)C(=O)[C@H](C(C)C)N(C)C(=O)[C@H](CC(C)C)N(C)C(=O)[C@H](CC(C)C)N(C)C(=O)[C@@H](C)CC(=O)[C@H](C)CC(=O)[C@H](CC(C)C)N(C)C(=O)[C@@H](CC(=O)[C@H](C(COC)COC)N(C)C(=O)[C@@H](C)N(C)C(=O)OC(C)(C)C)C(C)C. The summed E-state index contributed by atoms with van der Waals surface area (Å²) < 4.78 is 27.9. The average Bonchev–Trinajstić information content (AvgIpc) is 0.800. The average molecular weight is 1520 g/mol. The van der Waals surface area contributed by atoms with Crippen LogP contribution in [-0.4, -0.2) is 279 Å². The van der Waals surface area contributed by atoms with Gasteiger partial charge < -0.3 is 63.3 Å². The summed E-state index contributed by atoms with van der Waals surface area (Å²) in [5.74, 6) is -13.3. The molecule has 13 atom stereocenters. The molecule has 614 valence electrons. The molecular weight excluding hydrogens is 1380 g/mol. The van der Waals surface area contributed by atoms with Gasteiger partial charge in [0.1, 0.15) is 60.3 Å². The quantitative estimate of drug-likeness (QED) is 0.0345. The summed E-state index contributed by atoms with van der Waals surface area (Å²) in [6.07, 6.45) is 1.47. The summed E-state index contributed by atoms with van der Waals surface area (Å²) in [7, 11) is 14.5. The zero-order chi connectivity index (χ0) is 83.3. The molecule has 1 N–H and O–H groups in total. The molecule has 0 aromatic carbocycles. The van der Waals surface area contributed by atoms with Gasteiger partial charge in [0.2, 0.25) is 47.3 Å². The maximum atomic E-state index is 15.3. The Morgan fingerprint density at radius 3 is 1.39 bits per heavy atom. The Labute approximate surface area is 640 Å². The Morgan fingerprint density at radius 1 is 0.495 bits per heavy atom. The summed E-state index contributed by atoms with van der Waals surface area (Å²) in [6, 6.07) is -9.71. The van der Waals surface area contributed by atoms with E-state index >= 15 is 14.4 Å². The lowest BCUT2D eigenvalue weighted by molar-refractivity contribution is -0.164. The van der Waals surface area contributed by atoms with Crippen LogP contribution in [0.3, 0.4) is 0 Å². The maximum absolute atomic E-state index is 15.3. The second-order valence-corrected chi connectivity index (χ2v) is 32.2. The zero-order valence-electron chi connectivity index (χ0n) is 70.9. The number of esters is 2. The third-order valence-electron chi connectivity index (χ3n) is 19.7. The number of hydrogen-bond acceptors (Lipinski definition) is 19. The van der Waals surface area contributed by atoms with Crippen molar-refractivity contribution in [3.05, 3.63) is 12.2 Å². The molecule has 0 aliphatic heterocycles. The first-order chi connectivity index (χ1) is 49.3. The number of nitrogens with zero attached hydrogens (tertiary/aromatic N) is 8. The summed E-state index contributed by atoms with van der Waals surface area (Å²) in [5.41, 5.74) is -0.849. The second kappa shape index (κ2) is 46.9. The van der Waals surface area contributed by atoms with Crippen LogP contribution in [0.5, 0.6) is 0 Å². The smallest absolute Gasteiger partial charge is 0.410 e. The van der Waals surface area contributed by atoms with Crippen molar-refractivity contribution in [3.8, 4) is 0 Å². The molecule has 0 rings (SSSR count). The normalized spacial score (nSPS) is 15.5. The first-order valence-corrected chi connectivity index (χ1v) is 37.9. The molecule has 9 amide bonds. The fourth-order valence-electron chi connectivity index (χ4n) is 13.1. The number of Topliss-reactive ketones (excluding diaryl/α,β-unsaturated/α-hetero) is 3. The number of rotatable bonds is 47. The van der Waals surface area contributed by atoms with Gasteiger partial charge in [0.15, 0.2) is 11.6 Å². The Balaban J connectivity index is 7.27. The number of amides is 9. The number of carbonyl (C=O) groups excluding carboxylic acids is 14. The predicted molar refractivity (Wildman–Crippen MR) is 409 cm³/mol. The van der Waals surface area contributed by atoms with E-state index in [1.165, 1.54) is 114 Å². The molecule has 0 aromatic rings. The van der Waals surface area contributed by atoms with Gasteiger partial charge in [-0.15, -0.1) is 0 Å². The lowest BCUT2D eigenvalue weighted by Gasteiger charge is -2.42. The first kappa shape index (κ1) is 99.6. The van der Waals surface area contributed by atoms with Crippen LogP contribution in [0.4, 0.5) is 4.79 Å². The Kier molecular flexibility index (Phi) is 43.7. The van der Waals surface area contributed by atoms with Crippen LogP contribution in [0.1, 0.15) is 197 Å². The van der Waals surface area contributed by atoms with E-state index in [4.69, 9.17) is 23.7 Å². The molecule has 0 spiro atoms. The van der Waals surface area contributed by atoms with Crippen LogP contribution < -0.4 is 5.32 Å². The number of methoxy groups -OCH3 is 2. The van der Waals surface area contributed by atoms with Gasteiger partial charge >= 0.3 is 18.0 Å². The summed E-state index contributed by atoms with van der Waals surface area (Å²) in [4.78, 5) is 210. The molecule has 107 heavy (non-hydrogen) atoms. The van der Waals surface area contributed by atoms with E-state index in [0.717, 1.165) is 9.80 Å². The number of allylic oxidation sites excluding steroid dienone is 2. The topological polar surface area (TPSA) is 323 Å². The van der Waals surface area contributed by atoms with Crippen molar-refractivity contribution in [2.45, 2.75) is 257 Å². The van der Waals surface area contributed by atoms with E-state index < -0.39 is 178 Å². The van der Waals surface area contributed by atoms with Crippen molar-refractivity contribution >= 4 is 82.6 Å². The number of ether oxygens (including phenoxy) is 5. The van der Waals surface area contributed by atoms with Gasteiger partial charge in [-0.2, -0.15) is 0 Å². The van der Waals surface area contributed by atoms with Gasteiger partial charge in [0.05, 0.1) is 31.8 Å². The molecule has 0 bridgehead atoms. The summed E-state index contributed by atoms with van der Waals surface area (Å²) >= 11 is 0. The number of likely N-dealkylation sites (N-methyl/N-ethyl adjacent to an activating group) is 8. The number of nitrogens with one attached hydrogen (secondary N) is 1. The molecule has 0 aliphatic rings. The molecule has 0 radical (unpaired) electrons. The van der Waals surface area contributed by atoms with Crippen molar-refractivity contribution in [2.75, 3.05) is 97.0 Å². The van der Waals surface area contributed by atoms with Crippen molar-refractivity contribution in [1.82, 2.24) is 44.5 Å². The maximum Gasteiger partial charge on any atom is 0.410 e. The van der Waals surface area contributed by atoms with Crippen LogP contribution >= 0.6 is 0 Å². The molecule has 0 aliphatic carbocycles. The van der Waals surface area contributed by atoms with Crippen LogP contribution in [-0.2, 0) is 86.0 Å². The van der Waals surface area contributed by atoms with Crippen molar-refractivity contribution in [3.63, 3.8) is 0 Å². The van der Waals surface area contributed by atoms with E-state index in [1.807, 2.05) is 47.6 Å². The highest BCUT2D eigenvalue weighted by Crippen LogP contribution is 2.30. The van der Waals surface area contributed by atoms with E-state index in [-0.39, 0.29) is 95.0 Å². The van der Waals surface area contributed by atoms with Gasteiger partial charge in [-0.05, 0) is 102 Å². The monoisotopic (exact) mass is 1520 g/mol. The molecule has 0 fully saturated rings. The molecule has 28 heteroatoms. The molecule has 0 aromatic heterocycles. The highest BCUT2D eigenvalue weighted by atomic mass is 16.6. The number of ketones is 3. The van der Waals surface area contributed by atoms with Crippen LogP contribution in [0.25, 0.3) is 0 Å². The largest absolute Gasteiger partial charge is 0.462 e. The third-order valence-corrected chi connectivity index (χ3v) is 19.7. The molecule has 0 unspecified atom stereocenters. The second-order valence-electron chi connectivity index (χ2n) is 32.2. The minimum absolute atomic E-state index is 0.000251. The number of carbonyl (C=O) groups is 14. The molecule has 0 saturated heterocycles. The highest BCUT2D eigenvalue weighted by Gasteiger charge is 2.47. The van der Waals surface area contributed by atoms with Crippen LogP contribution in [0.15, 0.2) is 12.2 Å². The van der Waals surface area contributed by atoms with E-state index in [1.54, 1.807) is 96.2 Å². The first-order valence-electron chi connectivity index (χ1n) is 37.9. The lowest BCUT2D eigenvalue weighted by Crippen LogP contribution is -2.63. The van der Waals surface area contributed by atoms with Gasteiger partial charge in [0.25, 0.3) is 0 Å². The van der Waals surface area contributed by atoms with E-state index in [9.17, 15) is 52.7 Å². The van der Waals surface area contributed by atoms with Crippen molar-refractivity contribution in [2.24, 2.45) is 59.2 Å². The van der Waals surface area contributed by atoms with Crippen LogP contribution in [0, 0.1) is 59.2 Å². The fraction of sp³-hybridized carbons (Fsp3) is 0.797. The molecule has 28 nitrogen and oxygen atoms in total. The minimum atomic E-state index is -1.57. The highest BCUT2D eigenvalue weighted by molar-refractivity contribution is 5.99. The van der Waals surface area contributed by atoms with Crippen LogP contribution in [0.2, 0.25) is 0 Å². The minimum Gasteiger partial charge on any atom is -0.462 e. The Morgan fingerprint density at radius 2 is 0.953 bits per heavy atom. The molecule has 0 saturated carbocycles. The third kappa shape index (κ3) is 31.3. The molecule has 0 heterocycles. The standard InChI is InChI=1S/C79H139N9O19/c1-32-34-35-51(13)69(106-56(18)90)68(70(94)80-59(33-2)77(101)105-37-36-81(22)55(17)89)88(29)76(100)66(50(11)12)86(27)75(99)62(40-48(7)8)85(26)74(98)61(39-47(5)6)84(25)71(95)53(15)42-63(91)52(14)41-64(92)60(38-46(3)4)83(24)73(97)58(49(9)10)43-65(93)67(57(44-103-30)45-104-31)87(28)72(96)54(16)82(23)78(102)107-79(19,20)21/h32,34,46-54,57-62,66-69H,33,35-45H2,1-31H3,(H,80,94)/b34-32+/t51-,52-,53+,54-,58+,59+,60+,61+,62+,66+,67+,68+,69-/m1/s1. The number of hydrogen-bond donors (Lipinski definition) is 1. The van der Waals surface area contributed by atoms with Gasteiger partial charge in [-0.1, -0.05) is 109 Å². The van der Waals surface area contributed by atoms with Gasteiger partial charge in [-0.25, -0.2) is 9.59 Å². The lowest BCUT2D eigenvalue weighted by atomic mass is 9.83. The van der Waals surface area contributed by atoms with E-state index in [2.05, 4.69) is 5.32 Å². The van der Waals surface area contributed by atoms with E-state index in [0.29, 0.717) is 6.42 Å². The Bertz CT molecular complexity index is 2980. The van der Waals surface area contributed by atoms with Gasteiger partial charge in [0, 0.05) is 127 Å². The van der Waals surface area contributed by atoms with Gasteiger partial charge in [-0.3, -0.25) is 62.4 Å². The summed E-state index contributed by atoms with van der Waals surface area (Å²) in [5, 5.41) is 2.71. The predicted octanol–water partition coefficient (Wildman–Crippen LogP) is 7.78. The Hall–Kier alpha value is -7.36. The molecular formula is C79H139N9O19. The zero-order valence-corrected chi connectivity index (χ0v) is 70.9. The van der Waals surface area contributed by atoms with Crippen molar-refractivity contribution < 1.29 is 90.8 Å². The van der Waals surface area contributed by atoms with Crippen molar-refractivity contribution in [1.29, 1.82) is 0 Å².